The van der Waals surface area contributed by atoms with Gasteiger partial charge in [-0.15, -0.1) is 0 Å². The molecule has 2 amide bonds. The van der Waals surface area contributed by atoms with Gasteiger partial charge < -0.3 is 16.0 Å². The molecular weight excluding hydrogens is 230 g/mol. The molecule has 0 aromatic heterocycles. The third-order valence-corrected chi connectivity index (χ3v) is 3.52. The second-order valence-corrected chi connectivity index (χ2v) is 5.62. The van der Waals surface area contributed by atoms with Crippen molar-refractivity contribution >= 4 is 11.8 Å². The van der Waals surface area contributed by atoms with Crippen molar-refractivity contribution < 1.29 is 9.59 Å². The van der Waals surface area contributed by atoms with Gasteiger partial charge in [0.15, 0.2) is 0 Å². The van der Waals surface area contributed by atoms with Crippen LogP contribution in [0.5, 0.6) is 0 Å². The first-order valence-electron chi connectivity index (χ1n) is 6.42. The van der Waals surface area contributed by atoms with Crippen molar-refractivity contribution in [1.82, 2.24) is 10.2 Å². The highest BCUT2D eigenvalue weighted by molar-refractivity contribution is 5.88. The number of nitrogens with one attached hydrogen (secondary N) is 1. The minimum atomic E-state index is -0.713. The number of hydrogen-bond donors (Lipinski definition) is 2. The molecule has 0 heterocycles. The first-order valence-corrected chi connectivity index (χ1v) is 6.42. The zero-order valence-corrected chi connectivity index (χ0v) is 12.5. The minimum absolute atomic E-state index is 0.0860. The molecule has 0 aliphatic rings. The fraction of sp³-hybridized carbons (Fsp3) is 0.846. The summed E-state index contributed by atoms with van der Waals surface area (Å²) in [5.74, 6) is -0.234. The van der Waals surface area contributed by atoms with Gasteiger partial charge in [-0.2, -0.15) is 0 Å². The lowest BCUT2D eigenvalue weighted by Gasteiger charge is -2.40. The van der Waals surface area contributed by atoms with Crippen LogP contribution >= 0.6 is 0 Å². The SMILES string of the molecule is CCNC(=O)CN(CC)C(=O)C(C)(C)C(C)(C)N. The molecule has 5 nitrogen and oxygen atoms in total. The zero-order valence-electron chi connectivity index (χ0n) is 12.5. The second kappa shape index (κ2) is 6.18. The Balaban J connectivity index is 4.87. The van der Waals surface area contributed by atoms with Gasteiger partial charge in [0.2, 0.25) is 11.8 Å². The standard InChI is InChI=1S/C13H27N3O2/c1-7-15-10(17)9-16(8-2)11(18)12(3,4)13(5,6)14/h7-9,14H2,1-6H3,(H,15,17). The first-order chi connectivity index (χ1) is 8.07. The fourth-order valence-corrected chi connectivity index (χ4v) is 1.42. The lowest BCUT2D eigenvalue weighted by atomic mass is 9.74. The van der Waals surface area contributed by atoms with Crippen LogP contribution < -0.4 is 11.1 Å². The Morgan fingerprint density at radius 1 is 1.17 bits per heavy atom. The van der Waals surface area contributed by atoms with Gasteiger partial charge in [0.1, 0.15) is 0 Å². The molecule has 3 N–H and O–H groups in total. The van der Waals surface area contributed by atoms with Crippen LogP contribution in [-0.4, -0.2) is 41.9 Å². The summed E-state index contributed by atoms with van der Waals surface area (Å²) < 4.78 is 0. The average molecular weight is 257 g/mol. The molecular formula is C13H27N3O2. The molecule has 0 aromatic rings. The highest BCUT2D eigenvalue weighted by atomic mass is 16.2. The number of nitrogens with two attached hydrogens (primary N) is 1. The van der Waals surface area contributed by atoms with Crippen molar-refractivity contribution in [2.24, 2.45) is 11.1 Å². The Morgan fingerprint density at radius 3 is 2.00 bits per heavy atom. The van der Waals surface area contributed by atoms with Crippen LogP contribution in [0.2, 0.25) is 0 Å². The van der Waals surface area contributed by atoms with E-state index in [0.29, 0.717) is 13.1 Å². The number of amides is 2. The lowest BCUT2D eigenvalue weighted by molar-refractivity contribution is -0.146. The van der Waals surface area contributed by atoms with Crippen LogP contribution in [0.4, 0.5) is 0 Å². The van der Waals surface area contributed by atoms with Crippen molar-refractivity contribution in [3.05, 3.63) is 0 Å². The van der Waals surface area contributed by atoms with Crippen LogP contribution in [0.3, 0.4) is 0 Å². The number of nitrogens with zero attached hydrogens (tertiary/aromatic N) is 1. The van der Waals surface area contributed by atoms with E-state index in [9.17, 15) is 9.59 Å². The number of carbonyl (C=O) groups is 2. The highest BCUT2D eigenvalue weighted by Crippen LogP contribution is 2.30. The summed E-state index contributed by atoms with van der Waals surface area (Å²) in [5.41, 5.74) is 4.70. The summed E-state index contributed by atoms with van der Waals surface area (Å²) >= 11 is 0. The molecule has 0 aromatic carbocycles. The number of hydrogen-bond acceptors (Lipinski definition) is 3. The van der Waals surface area contributed by atoms with E-state index in [1.807, 2.05) is 41.5 Å². The number of carbonyl (C=O) groups excluding carboxylic acids is 2. The van der Waals surface area contributed by atoms with E-state index in [0.717, 1.165) is 0 Å². The first kappa shape index (κ1) is 16.9. The molecule has 5 heteroatoms. The predicted molar refractivity (Wildman–Crippen MR) is 73.0 cm³/mol. The van der Waals surface area contributed by atoms with E-state index < -0.39 is 11.0 Å². The third-order valence-electron chi connectivity index (χ3n) is 3.52. The maximum atomic E-state index is 12.4. The molecule has 0 aliphatic carbocycles. The van der Waals surface area contributed by atoms with Gasteiger partial charge >= 0.3 is 0 Å². The quantitative estimate of drug-likeness (QED) is 0.736. The largest absolute Gasteiger partial charge is 0.355 e. The smallest absolute Gasteiger partial charge is 0.239 e. The van der Waals surface area contributed by atoms with Crippen molar-refractivity contribution in [3.63, 3.8) is 0 Å². The van der Waals surface area contributed by atoms with Gasteiger partial charge in [-0.3, -0.25) is 9.59 Å². The summed E-state index contributed by atoms with van der Waals surface area (Å²) in [5, 5.41) is 2.69. The molecule has 0 aliphatic heterocycles. The Labute approximate surface area is 110 Å². The fourth-order valence-electron chi connectivity index (χ4n) is 1.42. The summed E-state index contributed by atoms with van der Waals surface area (Å²) in [7, 11) is 0. The summed E-state index contributed by atoms with van der Waals surface area (Å²) in [6.45, 7) is 12.1. The lowest BCUT2D eigenvalue weighted by Crippen LogP contribution is -2.57. The molecule has 0 saturated heterocycles. The molecule has 0 saturated carbocycles. The Hall–Kier alpha value is -1.10. The van der Waals surface area contributed by atoms with Gasteiger partial charge in [-0.1, -0.05) is 0 Å². The van der Waals surface area contributed by atoms with Crippen molar-refractivity contribution in [2.45, 2.75) is 47.1 Å². The Kier molecular flexibility index (Phi) is 5.80. The van der Waals surface area contributed by atoms with Crippen LogP contribution in [0, 0.1) is 5.41 Å². The van der Waals surface area contributed by atoms with E-state index >= 15 is 0 Å². The van der Waals surface area contributed by atoms with E-state index in [1.54, 1.807) is 4.90 Å². The summed E-state index contributed by atoms with van der Waals surface area (Å²) in [4.78, 5) is 25.5. The van der Waals surface area contributed by atoms with Gasteiger partial charge in [0.25, 0.3) is 0 Å². The van der Waals surface area contributed by atoms with Gasteiger partial charge in [0, 0.05) is 18.6 Å². The number of rotatable bonds is 6. The van der Waals surface area contributed by atoms with Crippen molar-refractivity contribution in [1.29, 1.82) is 0 Å². The maximum absolute atomic E-state index is 12.4. The van der Waals surface area contributed by atoms with E-state index in [1.165, 1.54) is 0 Å². The summed E-state index contributed by atoms with van der Waals surface area (Å²) in [6.07, 6.45) is 0. The Bertz CT molecular complexity index is 306. The van der Waals surface area contributed by atoms with E-state index in [-0.39, 0.29) is 18.4 Å². The van der Waals surface area contributed by atoms with Crippen LogP contribution in [-0.2, 0) is 9.59 Å². The highest BCUT2D eigenvalue weighted by Gasteiger charge is 2.42. The van der Waals surface area contributed by atoms with Crippen molar-refractivity contribution in [3.8, 4) is 0 Å². The normalized spacial score (nSPS) is 12.2. The molecule has 0 spiro atoms. The zero-order chi connectivity index (χ0) is 14.6. The Morgan fingerprint density at radius 2 is 1.67 bits per heavy atom. The summed E-state index contributed by atoms with van der Waals surface area (Å²) in [6, 6.07) is 0. The average Bonchev–Trinajstić information content (AvgIpc) is 2.23. The third kappa shape index (κ3) is 3.98. The molecule has 0 unspecified atom stereocenters. The van der Waals surface area contributed by atoms with Gasteiger partial charge in [0.05, 0.1) is 12.0 Å². The molecule has 0 fully saturated rings. The minimum Gasteiger partial charge on any atom is -0.355 e. The van der Waals surface area contributed by atoms with Gasteiger partial charge in [-0.25, -0.2) is 0 Å². The number of likely N-dealkylation sites (N-methyl/N-ethyl adjacent to an activating group) is 2. The molecule has 0 radical (unpaired) electrons. The molecule has 18 heavy (non-hydrogen) atoms. The predicted octanol–water partition coefficient (Wildman–Crippen LogP) is 0.735. The van der Waals surface area contributed by atoms with Crippen molar-refractivity contribution in [2.75, 3.05) is 19.6 Å². The maximum Gasteiger partial charge on any atom is 0.239 e. The molecule has 0 rings (SSSR count). The van der Waals surface area contributed by atoms with Crippen LogP contribution in [0.1, 0.15) is 41.5 Å². The molecule has 0 atom stereocenters. The van der Waals surface area contributed by atoms with Crippen LogP contribution in [0.25, 0.3) is 0 Å². The van der Waals surface area contributed by atoms with Gasteiger partial charge in [-0.05, 0) is 41.5 Å². The van der Waals surface area contributed by atoms with E-state index in [2.05, 4.69) is 5.32 Å². The second-order valence-electron chi connectivity index (χ2n) is 5.62. The molecule has 0 bridgehead atoms. The molecule has 106 valence electrons. The van der Waals surface area contributed by atoms with Crippen LogP contribution in [0.15, 0.2) is 0 Å². The monoisotopic (exact) mass is 257 g/mol. The topological polar surface area (TPSA) is 75.4 Å². The van der Waals surface area contributed by atoms with E-state index in [4.69, 9.17) is 5.73 Å².